The number of nitrogens with two attached hydrogens (primary N) is 1. The van der Waals surface area contributed by atoms with Crippen LogP contribution in [-0.4, -0.2) is 28.9 Å². The van der Waals surface area contributed by atoms with Gasteiger partial charge < -0.3 is 10.6 Å². The lowest BCUT2D eigenvalue weighted by molar-refractivity contribution is -0.147. The SMILES string of the molecule is CC[C@@H](CC(=O)N1CCCCC12CC(N)C2)Cc1ccccc1. The van der Waals surface area contributed by atoms with Crippen LogP contribution in [-0.2, 0) is 11.2 Å². The summed E-state index contributed by atoms with van der Waals surface area (Å²) < 4.78 is 0. The molecule has 1 heterocycles. The van der Waals surface area contributed by atoms with E-state index >= 15 is 0 Å². The van der Waals surface area contributed by atoms with Crippen molar-refractivity contribution in [3.63, 3.8) is 0 Å². The average Bonchev–Trinajstić information content (AvgIpc) is 2.54. The van der Waals surface area contributed by atoms with Crippen LogP contribution in [0.3, 0.4) is 0 Å². The Morgan fingerprint density at radius 2 is 2.04 bits per heavy atom. The van der Waals surface area contributed by atoms with Crippen LogP contribution in [0.5, 0.6) is 0 Å². The maximum absolute atomic E-state index is 13.0. The number of benzene rings is 1. The summed E-state index contributed by atoms with van der Waals surface area (Å²) in [6, 6.07) is 10.8. The number of hydrogen-bond donors (Lipinski definition) is 1. The van der Waals surface area contributed by atoms with Gasteiger partial charge in [-0.15, -0.1) is 0 Å². The first-order valence-corrected chi connectivity index (χ1v) is 9.23. The van der Waals surface area contributed by atoms with E-state index < -0.39 is 0 Å². The van der Waals surface area contributed by atoms with Gasteiger partial charge >= 0.3 is 0 Å². The van der Waals surface area contributed by atoms with Crippen LogP contribution in [0.15, 0.2) is 30.3 Å². The van der Waals surface area contributed by atoms with Crippen molar-refractivity contribution in [3.05, 3.63) is 35.9 Å². The molecule has 23 heavy (non-hydrogen) atoms. The molecule has 126 valence electrons. The second-order valence-corrected chi connectivity index (χ2v) is 7.56. The highest BCUT2D eigenvalue weighted by atomic mass is 16.2. The van der Waals surface area contributed by atoms with E-state index in [0.29, 0.717) is 24.3 Å². The Morgan fingerprint density at radius 1 is 1.30 bits per heavy atom. The molecule has 0 bridgehead atoms. The smallest absolute Gasteiger partial charge is 0.223 e. The van der Waals surface area contributed by atoms with Gasteiger partial charge in [0.25, 0.3) is 0 Å². The van der Waals surface area contributed by atoms with Crippen molar-refractivity contribution in [3.8, 4) is 0 Å². The highest BCUT2D eigenvalue weighted by Gasteiger charge is 2.49. The Labute approximate surface area is 140 Å². The standard InChI is InChI=1S/C20H30N2O/c1-2-16(12-17-8-4-3-5-9-17)13-19(23)22-11-7-6-10-20(22)14-18(21)15-20/h3-5,8-9,16,18H,2,6-7,10-15,21H2,1H3/t16-,18?,20?/m1/s1. The lowest BCUT2D eigenvalue weighted by atomic mass is 9.67. The van der Waals surface area contributed by atoms with Crippen LogP contribution in [0.4, 0.5) is 0 Å². The zero-order valence-electron chi connectivity index (χ0n) is 14.3. The van der Waals surface area contributed by atoms with Crippen LogP contribution in [0, 0.1) is 5.92 Å². The van der Waals surface area contributed by atoms with Crippen LogP contribution in [0.25, 0.3) is 0 Å². The molecule has 2 N–H and O–H groups in total. The summed E-state index contributed by atoms with van der Waals surface area (Å²) in [7, 11) is 0. The van der Waals surface area contributed by atoms with Crippen molar-refractivity contribution in [1.29, 1.82) is 0 Å². The summed E-state index contributed by atoms with van der Waals surface area (Å²) in [5.74, 6) is 0.803. The van der Waals surface area contributed by atoms with Gasteiger partial charge in [0.1, 0.15) is 0 Å². The number of hydrogen-bond acceptors (Lipinski definition) is 2. The topological polar surface area (TPSA) is 46.3 Å². The van der Waals surface area contributed by atoms with E-state index in [9.17, 15) is 4.79 Å². The third-order valence-electron chi connectivity index (χ3n) is 5.84. The van der Waals surface area contributed by atoms with Crippen molar-refractivity contribution in [2.24, 2.45) is 11.7 Å². The number of likely N-dealkylation sites (tertiary alicyclic amines) is 1. The Bertz CT molecular complexity index is 516. The molecule has 0 aromatic heterocycles. The van der Waals surface area contributed by atoms with Gasteiger partial charge in [-0.25, -0.2) is 0 Å². The Balaban J connectivity index is 1.62. The normalized spacial score (nSPS) is 28.4. The van der Waals surface area contributed by atoms with E-state index in [4.69, 9.17) is 5.73 Å². The fourth-order valence-electron chi connectivity index (χ4n) is 4.49. The van der Waals surface area contributed by atoms with E-state index in [1.807, 2.05) is 6.07 Å². The second-order valence-electron chi connectivity index (χ2n) is 7.56. The molecule has 1 spiro atoms. The highest BCUT2D eigenvalue weighted by Crippen LogP contribution is 2.44. The van der Waals surface area contributed by atoms with E-state index in [0.717, 1.165) is 45.1 Å². The summed E-state index contributed by atoms with van der Waals surface area (Å²) in [5.41, 5.74) is 7.49. The van der Waals surface area contributed by atoms with E-state index in [-0.39, 0.29) is 5.54 Å². The predicted molar refractivity (Wildman–Crippen MR) is 94.0 cm³/mol. The van der Waals surface area contributed by atoms with Gasteiger partial charge in [-0.1, -0.05) is 43.7 Å². The number of carbonyl (C=O) groups is 1. The number of rotatable bonds is 5. The molecule has 3 heteroatoms. The molecule has 1 aliphatic carbocycles. The Kier molecular flexibility index (Phi) is 5.05. The van der Waals surface area contributed by atoms with Crippen molar-refractivity contribution < 1.29 is 4.79 Å². The van der Waals surface area contributed by atoms with E-state index in [1.165, 1.54) is 12.0 Å². The lowest BCUT2D eigenvalue weighted by Gasteiger charge is -2.56. The molecule has 1 aliphatic heterocycles. The summed E-state index contributed by atoms with van der Waals surface area (Å²) in [5, 5.41) is 0. The largest absolute Gasteiger partial charge is 0.337 e. The van der Waals surface area contributed by atoms with E-state index in [1.54, 1.807) is 0 Å². The molecule has 2 fully saturated rings. The average molecular weight is 314 g/mol. The number of piperidine rings is 1. The molecule has 3 nitrogen and oxygen atoms in total. The predicted octanol–water partition coefficient (Wildman–Crippen LogP) is 3.52. The molecule has 1 atom stereocenters. The maximum atomic E-state index is 13.0. The molecule has 1 saturated heterocycles. The summed E-state index contributed by atoms with van der Waals surface area (Å²) in [6.07, 6.45) is 8.31. The zero-order valence-corrected chi connectivity index (χ0v) is 14.3. The first-order chi connectivity index (χ1) is 11.1. The minimum Gasteiger partial charge on any atom is -0.337 e. The van der Waals surface area contributed by atoms with Gasteiger partial charge in [0.2, 0.25) is 5.91 Å². The fraction of sp³-hybridized carbons (Fsp3) is 0.650. The molecular formula is C20H30N2O. The monoisotopic (exact) mass is 314 g/mol. The maximum Gasteiger partial charge on any atom is 0.223 e. The van der Waals surface area contributed by atoms with Crippen LogP contribution in [0.1, 0.15) is 57.4 Å². The lowest BCUT2D eigenvalue weighted by Crippen LogP contribution is -2.65. The van der Waals surface area contributed by atoms with Crippen LogP contribution in [0.2, 0.25) is 0 Å². The van der Waals surface area contributed by atoms with Gasteiger partial charge in [0, 0.05) is 24.5 Å². The van der Waals surface area contributed by atoms with Gasteiger partial charge in [-0.2, -0.15) is 0 Å². The van der Waals surface area contributed by atoms with Crippen molar-refractivity contribution >= 4 is 5.91 Å². The van der Waals surface area contributed by atoms with Crippen molar-refractivity contribution in [2.45, 2.75) is 69.9 Å². The summed E-state index contributed by atoms with van der Waals surface area (Å²) >= 11 is 0. The molecule has 0 unspecified atom stereocenters. The van der Waals surface area contributed by atoms with Gasteiger partial charge in [0.15, 0.2) is 0 Å². The zero-order chi connectivity index (χ0) is 16.3. The third kappa shape index (κ3) is 3.60. The number of carbonyl (C=O) groups excluding carboxylic acids is 1. The first kappa shape index (κ1) is 16.5. The van der Waals surface area contributed by atoms with Gasteiger partial charge in [-0.3, -0.25) is 4.79 Å². The molecule has 1 saturated carbocycles. The minimum atomic E-state index is 0.111. The fourth-order valence-corrected chi connectivity index (χ4v) is 4.49. The van der Waals surface area contributed by atoms with Gasteiger partial charge in [0.05, 0.1) is 0 Å². The molecule has 2 aliphatic rings. The van der Waals surface area contributed by atoms with Crippen LogP contribution >= 0.6 is 0 Å². The Hall–Kier alpha value is -1.35. The summed E-state index contributed by atoms with van der Waals surface area (Å²) in [4.78, 5) is 15.2. The number of nitrogens with zero attached hydrogens (tertiary/aromatic N) is 1. The second kappa shape index (κ2) is 7.04. The molecule has 0 radical (unpaired) electrons. The van der Waals surface area contributed by atoms with Gasteiger partial charge in [-0.05, 0) is 50.0 Å². The van der Waals surface area contributed by atoms with E-state index in [2.05, 4.69) is 36.1 Å². The minimum absolute atomic E-state index is 0.111. The molecule has 1 amide bonds. The third-order valence-corrected chi connectivity index (χ3v) is 5.84. The first-order valence-electron chi connectivity index (χ1n) is 9.23. The summed E-state index contributed by atoms with van der Waals surface area (Å²) in [6.45, 7) is 3.14. The quantitative estimate of drug-likeness (QED) is 0.904. The van der Waals surface area contributed by atoms with Crippen LogP contribution < -0.4 is 5.73 Å². The molecular weight excluding hydrogens is 284 g/mol. The number of amides is 1. The molecule has 1 aromatic rings. The van der Waals surface area contributed by atoms with Crippen molar-refractivity contribution in [1.82, 2.24) is 4.90 Å². The molecule has 3 rings (SSSR count). The highest BCUT2D eigenvalue weighted by molar-refractivity contribution is 5.77. The van der Waals surface area contributed by atoms with Crippen molar-refractivity contribution in [2.75, 3.05) is 6.54 Å². The Morgan fingerprint density at radius 3 is 2.70 bits per heavy atom. The molecule has 1 aromatic carbocycles.